The predicted molar refractivity (Wildman–Crippen MR) is 83.2 cm³/mol. The van der Waals surface area contributed by atoms with E-state index in [1.165, 1.54) is 0 Å². The fourth-order valence-corrected chi connectivity index (χ4v) is 2.75. The Hall–Kier alpha value is -0.770. The minimum absolute atomic E-state index is 0.0797. The third-order valence-corrected chi connectivity index (χ3v) is 4.79. The van der Waals surface area contributed by atoms with Crippen LogP contribution >= 0.6 is 23.2 Å². The van der Waals surface area contributed by atoms with Gasteiger partial charge in [-0.25, -0.2) is 0 Å². The van der Waals surface area contributed by atoms with E-state index in [1.54, 1.807) is 12.1 Å². The number of carbonyl (C=O) groups excluding carboxylic acids is 1. The average Bonchev–Trinajstić information content (AvgIpc) is 2.42. The van der Waals surface area contributed by atoms with E-state index in [2.05, 4.69) is 10.6 Å². The molecule has 2 N–H and O–H groups in total. The first-order valence-corrected chi connectivity index (χ1v) is 7.64. The van der Waals surface area contributed by atoms with E-state index in [1.807, 2.05) is 19.9 Å². The fraction of sp³-hybridized carbons (Fsp3) is 0.533. The lowest BCUT2D eigenvalue weighted by Crippen LogP contribution is -2.46. The van der Waals surface area contributed by atoms with Crippen molar-refractivity contribution in [2.45, 2.75) is 32.7 Å². The van der Waals surface area contributed by atoms with Gasteiger partial charge >= 0.3 is 0 Å². The average molecular weight is 315 g/mol. The molecule has 5 heteroatoms. The van der Waals surface area contributed by atoms with Crippen molar-refractivity contribution in [3.63, 3.8) is 0 Å². The number of amides is 1. The highest BCUT2D eigenvalue weighted by molar-refractivity contribution is 6.42. The Morgan fingerprint density at radius 3 is 2.55 bits per heavy atom. The molecule has 0 spiro atoms. The smallest absolute Gasteiger partial charge is 0.226 e. The molecular weight excluding hydrogens is 295 g/mol. The molecule has 1 saturated heterocycles. The maximum atomic E-state index is 12.5. The second-order valence-corrected chi connectivity index (χ2v) is 6.49. The van der Waals surface area contributed by atoms with Crippen molar-refractivity contribution in [3.8, 4) is 0 Å². The molecule has 1 amide bonds. The maximum absolute atomic E-state index is 12.5. The third-order valence-electron chi connectivity index (χ3n) is 4.05. The van der Waals surface area contributed by atoms with E-state index >= 15 is 0 Å². The lowest BCUT2D eigenvalue weighted by atomic mass is 9.80. The molecule has 1 atom stereocenters. The Morgan fingerprint density at radius 1 is 1.30 bits per heavy atom. The second-order valence-electron chi connectivity index (χ2n) is 5.68. The van der Waals surface area contributed by atoms with Gasteiger partial charge in [-0.1, -0.05) is 36.2 Å². The van der Waals surface area contributed by atoms with Crippen LogP contribution in [-0.4, -0.2) is 19.0 Å². The molecule has 1 unspecified atom stereocenters. The van der Waals surface area contributed by atoms with Gasteiger partial charge in [0.05, 0.1) is 16.1 Å². The molecule has 1 aromatic carbocycles. The molecule has 1 aliphatic heterocycles. The zero-order valence-electron chi connectivity index (χ0n) is 11.8. The van der Waals surface area contributed by atoms with Crippen LogP contribution in [0.5, 0.6) is 0 Å². The van der Waals surface area contributed by atoms with Gasteiger partial charge in [0.15, 0.2) is 0 Å². The second kappa shape index (κ2) is 6.33. The summed E-state index contributed by atoms with van der Waals surface area (Å²) in [6, 6.07) is 5.38. The molecule has 3 nitrogen and oxygen atoms in total. The van der Waals surface area contributed by atoms with Crippen LogP contribution in [-0.2, 0) is 4.79 Å². The van der Waals surface area contributed by atoms with Gasteiger partial charge in [0, 0.05) is 5.41 Å². The van der Waals surface area contributed by atoms with Gasteiger partial charge in [-0.3, -0.25) is 4.79 Å². The van der Waals surface area contributed by atoms with E-state index in [9.17, 15) is 4.79 Å². The van der Waals surface area contributed by atoms with Gasteiger partial charge in [0.25, 0.3) is 0 Å². The SMILES string of the molecule is CC(NC(=O)C1(C)CCNCC1)c1ccc(Cl)c(Cl)c1. The number of piperidine rings is 1. The highest BCUT2D eigenvalue weighted by atomic mass is 35.5. The van der Waals surface area contributed by atoms with Crippen LogP contribution in [0.3, 0.4) is 0 Å². The Labute approximate surface area is 130 Å². The van der Waals surface area contributed by atoms with E-state index < -0.39 is 0 Å². The van der Waals surface area contributed by atoms with E-state index in [4.69, 9.17) is 23.2 Å². The van der Waals surface area contributed by atoms with Gasteiger partial charge < -0.3 is 10.6 Å². The Bertz CT molecular complexity index is 499. The Balaban J connectivity index is 2.04. The summed E-state index contributed by atoms with van der Waals surface area (Å²) in [5, 5.41) is 7.41. The first-order valence-electron chi connectivity index (χ1n) is 6.89. The minimum atomic E-state index is -0.282. The van der Waals surface area contributed by atoms with Crippen molar-refractivity contribution < 1.29 is 4.79 Å². The molecule has 0 radical (unpaired) electrons. The van der Waals surface area contributed by atoms with Crippen LogP contribution in [0.2, 0.25) is 10.0 Å². The Kier molecular flexibility index (Phi) is 4.95. The number of nitrogens with one attached hydrogen (secondary N) is 2. The molecule has 1 aromatic rings. The summed E-state index contributed by atoms with van der Waals surface area (Å²) < 4.78 is 0. The lowest BCUT2D eigenvalue weighted by Gasteiger charge is -2.33. The molecule has 2 rings (SSSR count). The summed E-state index contributed by atoms with van der Waals surface area (Å²) >= 11 is 11.9. The normalized spacial score (nSPS) is 19.4. The molecule has 20 heavy (non-hydrogen) atoms. The number of benzene rings is 1. The van der Waals surface area contributed by atoms with Crippen LogP contribution in [0.1, 0.15) is 38.3 Å². The maximum Gasteiger partial charge on any atom is 0.226 e. The van der Waals surface area contributed by atoms with Crippen molar-refractivity contribution in [1.29, 1.82) is 0 Å². The van der Waals surface area contributed by atoms with Crippen molar-refractivity contribution in [2.75, 3.05) is 13.1 Å². The van der Waals surface area contributed by atoms with Gasteiger partial charge in [0.1, 0.15) is 0 Å². The standard InChI is InChI=1S/C15H20Cl2N2O/c1-10(11-3-4-12(16)13(17)9-11)19-14(20)15(2)5-7-18-8-6-15/h3-4,9-10,18H,5-8H2,1-2H3,(H,19,20). The minimum Gasteiger partial charge on any atom is -0.349 e. The molecule has 0 saturated carbocycles. The van der Waals surface area contributed by atoms with Crippen LogP contribution in [0.25, 0.3) is 0 Å². The zero-order valence-corrected chi connectivity index (χ0v) is 13.3. The molecule has 0 aliphatic carbocycles. The summed E-state index contributed by atoms with van der Waals surface area (Å²) in [4.78, 5) is 12.5. The number of hydrogen-bond donors (Lipinski definition) is 2. The molecular formula is C15H20Cl2N2O. The zero-order chi connectivity index (χ0) is 14.8. The number of carbonyl (C=O) groups is 1. The van der Waals surface area contributed by atoms with Crippen molar-refractivity contribution in [2.24, 2.45) is 5.41 Å². The van der Waals surface area contributed by atoms with Crippen LogP contribution in [0.15, 0.2) is 18.2 Å². The van der Waals surface area contributed by atoms with Crippen molar-refractivity contribution >= 4 is 29.1 Å². The molecule has 1 fully saturated rings. The Morgan fingerprint density at radius 2 is 1.95 bits per heavy atom. The first-order chi connectivity index (χ1) is 9.42. The van der Waals surface area contributed by atoms with Crippen molar-refractivity contribution in [3.05, 3.63) is 33.8 Å². The van der Waals surface area contributed by atoms with Gasteiger partial charge in [0.2, 0.25) is 5.91 Å². The monoisotopic (exact) mass is 314 g/mol. The lowest BCUT2D eigenvalue weighted by molar-refractivity contribution is -0.132. The van der Waals surface area contributed by atoms with Crippen LogP contribution < -0.4 is 10.6 Å². The number of halogens is 2. The number of rotatable bonds is 3. The first kappa shape index (κ1) is 15.6. The highest BCUT2D eigenvalue weighted by Gasteiger charge is 2.35. The topological polar surface area (TPSA) is 41.1 Å². The largest absolute Gasteiger partial charge is 0.349 e. The van der Waals surface area contributed by atoms with E-state index in [-0.39, 0.29) is 17.4 Å². The van der Waals surface area contributed by atoms with Crippen LogP contribution in [0, 0.1) is 5.41 Å². The summed E-state index contributed by atoms with van der Waals surface area (Å²) in [6.07, 6.45) is 1.74. The molecule has 0 aromatic heterocycles. The fourth-order valence-electron chi connectivity index (χ4n) is 2.44. The highest BCUT2D eigenvalue weighted by Crippen LogP contribution is 2.30. The molecule has 1 aliphatic rings. The summed E-state index contributed by atoms with van der Waals surface area (Å²) in [5.41, 5.74) is 0.681. The van der Waals surface area contributed by atoms with E-state index in [0.717, 1.165) is 31.5 Å². The summed E-state index contributed by atoms with van der Waals surface area (Å²) in [5.74, 6) is 0.109. The third kappa shape index (κ3) is 3.46. The quantitative estimate of drug-likeness (QED) is 0.895. The molecule has 1 heterocycles. The molecule has 110 valence electrons. The van der Waals surface area contributed by atoms with Crippen molar-refractivity contribution in [1.82, 2.24) is 10.6 Å². The predicted octanol–water partition coefficient (Wildman–Crippen LogP) is 3.56. The van der Waals surface area contributed by atoms with Gasteiger partial charge in [-0.2, -0.15) is 0 Å². The van der Waals surface area contributed by atoms with Gasteiger partial charge in [-0.05, 0) is 50.6 Å². The van der Waals surface area contributed by atoms with E-state index in [0.29, 0.717) is 10.0 Å². The van der Waals surface area contributed by atoms with Gasteiger partial charge in [-0.15, -0.1) is 0 Å². The van der Waals surface area contributed by atoms with Crippen LogP contribution in [0.4, 0.5) is 0 Å². The summed E-state index contributed by atoms with van der Waals surface area (Å²) in [6.45, 7) is 5.78. The summed E-state index contributed by atoms with van der Waals surface area (Å²) in [7, 11) is 0. The molecule has 0 bridgehead atoms. The number of hydrogen-bond acceptors (Lipinski definition) is 2.